The largest absolute Gasteiger partial charge is 0.338 e. The Morgan fingerprint density at radius 2 is 1.78 bits per heavy atom. The summed E-state index contributed by atoms with van der Waals surface area (Å²) in [4.78, 5) is 16.9. The highest BCUT2D eigenvalue weighted by Gasteiger charge is 2.24. The molecule has 0 unspecified atom stereocenters. The Morgan fingerprint density at radius 1 is 1.06 bits per heavy atom. The fourth-order valence-corrected chi connectivity index (χ4v) is 6.00. The van der Waals surface area contributed by atoms with Crippen molar-refractivity contribution in [3.63, 3.8) is 0 Å². The number of thiazole rings is 1. The highest BCUT2D eigenvalue weighted by molar-refractivity contribution is 7.89. The molecule has 0 spiro atoms. The Hall–Kier alpha value is -3.31. The minimum atomic E-state index is -3.87. The van der Waals surface area contributed by atoms with Crippen LogP contribution in [-0.4, -0.2) is 34.5 Å². The van der Waals surface area contributed by atoms with Gasteiger partial charge in [-0.05, 0) is 42.8 Å². The van der Waals surface area contributed by atoms with Crippen molar-refractivity contribution in [3.8, 4) is 11.4 Å². The third-order valence-corrected chi connectivity index (χ3v) is 8.73. The van der Waals surface area contributed by atoms with Crippen LogP contribution in [0.15, 0.2) is 80.9 Å². The van der Waals surface area contributed by atoms with Crippen LogP contribution in [0.3, 0.4) is 0 Å². The van der Waals surface area contributed by atoms with Crippen molar-refractivity contribution in [1.29, 1.82) is 0 Å². The molecule has 0 aliphatic carbocycles. The molecule has 0 radical (unpaired) electrons. The SMILES string of the molecule is Cc1ccc(-c2noc(CN(C)S(=O)(=O)c3ccc4c(c3)sc(=O)n4Cc3ccc(Cl)cc3)n2)cc1. The van der Waals surface area contributed by atoms with E-state index in [2.05, 4.69) is 10.1 Å². The van der Waals surface area contributed by atoms with Crippen LogP contribution in [0.25, 0.3) is 21.6 Å². The van der Waals surface area contributed by atoms with Gasteiger partial charge in [0.1, 0.15) is 0 Å². The maximum atomic E-state index is 13.3. The van der Waals surface area contributed by atoms with E-state index in [4.69, 9.17) is 16.1 Å². The van der Waals surface area contributed by atoms with Gasteiger partial charge in [-0.3, -0.25) is 9.36 Å². The van der Waals surface area contributed by atoms with E-state index >= 15 is 0 Å². The maximum absolute atomic E-state index is 13.3. The number of hydrogen-bond donors (Lipinski definition) is 0. The van der Waals surface area contributed by atoms with Crippen LogP contribution in [0.2, 0.25) is 5.02 Å². The van der Waals surface area contributed by atoms with Crippen LogP contribution in [0.4, 0.5) is 0 Å². The molecule has 2 aromatic heterocycles. The van der Waals surface area contributed by atoms with Gasteiger partial charge in [0, 0.05) is 17.6 Å². The Kier molecular flexibility index (Phi) is 6.52. The van der Waals surface area contributed by atoms with Gasteiger partial charge in [-0.2, -0.15) is 9.29 Å². The quantitative estimate of drug-likeness (QED) is 0.290. The lowest BCUT2D eigenvalue weighted by Gasteiger charge is -2.15. The van der Waals surface area contributed by atoms with Crippen LogP contribution in [-0.2, 0) is 23.1 Å². The molecular weight excluding hydrogens is 520 g/mol. The van der Waals surface area contributed by atoms with Crippen molar-refractivity contribution < 1.29 is 12.9 Å². The minimum absolute atomic E-state index is 0.0793. The molecule has 0 amide bonds. The summed E-state index contributed by atoms with van der Waals surface area (Å²) in [6, 6.07) is 19.6. The highest BCUT2D eigenvalue weighted by atomic mass is 35.5. The highest BCUT2D eigenvalue weighted by Crippen LogP contribution is 2.25. The van der Waals surface area contributed by atoms with Crippen molar-refractivity contribution in [1.82, 2.24) is 19.0 Å². The standard InChI is InChI=1S/C25H21ClN4O4S2/c1-16-3-7-18(8-4-16)24-27-23(34-28-24)15-29(2)36(32,33)20-11-12-21-22(13-20)35-25(31)30(21)14-17-5-9-19(26)10-6-17/h3-13H,14-15H2,1-2H3. The summed E-state index contributed by atoms with van der Waals surface area (Å²) in [6.07, 6.45) is 0. The van der Waals surface area contributed by atoms with Crippen molar-refractivity contribution in [2.75, 3.05) is 7.05 Å². The minimum Gasteiger partial charge on any atom is -0.338 e. The number of nitrogens with zero attached hydrogens (tertiary/aromatic N) is 4. The maximum Gasteiger partial charge on any atom is 0.308 e. The van der Waals surface area contributed by atoms with Gasteiger partial charge in [-0.1, -0.05) is 70.1 Å². The summed E-state index contributed by atoms with van der Waals surface area (Å²) < 4.78 is 35.1. The third-order valence-electron chi connectivity index (χ3n) is 5.74. The molecular formula is C25H21ClN4O4S2. The van der Waals surface area contributed by atoms with E-state index in [1.54, 1.807) is 22.8 Å². The predicted octanol–water partition coefficient (Wildman–Crippen LogP) is 4.94. The molecule has 3 aromatic carbocycles. The summed E-state index contributed by atoms with van der Waals surface area (Å²) in [5.74, 6) is 0.570. The first-order valence-electron chi connectivity index (χ1n) is 10.9. The second-order valence-corrected chi connectivity index (χ2v) is 11.8. The zero-order valence-corrected chi connectivity index (χ0v) is 21.8. The van der Waals surface area contributed by atoms with E-state index in [-0.39, 0.29) is 22.2 Å². The number of aryl methyl sites for hydroxylation is 1. The average molecular weight is 541 g/mol. The van der Waals surface area contributed by atoms with Gasteiger partial charge in [-0.15, -0.1) is 0 Å². The number of rotatable bonds is 7. The first kappa shape index (κ1) is 24.4. The van der Waals surface area contributed by atoms with Crippen molar-refractivity contribution >= 4 is 43.2 Å². The molecule has 11 heteroatoms. The number of benzene rings is 3. The normalized spacial score (nSPS) is 12.0. The molecule has 36 heavy (non-hydrogen) atoms. The summed E-state index contributed by atoms with van der Waals surface area (Å²) in [5, 5.41) is 4.58. The molecule has 0 saturated heterocycles. The van der Waals surface area contributed by atoms with Crippen LogP contribution in [0.5, 0.6) is 0 Å². The molecule has 0 fully saturated rings. The van der Waals surface area contributed by atoms with E-state index < -0.39 is 10.0 Å². The molecule has 184 valence electrons. The van der Waals surface area contributed by atoms with Crippen molar-refractivity contribution in [3.05, 3.63) is 98.4 Å². The summed E-state index contributed by atoms with van der Waals surface area (Å²) >= 11 is 6.96. The number of hydrogen-bond acceptors (Lipinski definition) is 7. The van der Waals surface area contributed by atoms with E-state index in [1.165, 1.54) is 19.2 Å². The monoisotopic (exact) mass is 540 g/mol. The molecule has 0 aliphatic heterocycles. The van der Waals surface area contributed by atoms with E-state index in [0.717, 1.165) is 32.3 Å². The van der Waals surface area contributed by atoms with Crippen LogP contribution in [0, 0.1) is 6.92 Å². The molecule has 0 atom stereocenters. The summed E-state index contributed by atoms with van der Waals surface area (Å²) in [6.45, 7) is 2.26. The summed E-state index contributed by atoms with van der Waals surface area (Å²) in [5.41, 5.74) is 3.48. The topological polar surface area (TPSA) is 98.3 Å². The first-order valence-corrected chi connectivity index (χ1v) is 13.6. The zero-order chi connectivity index (χ0) is 25.4. The Morgan fingerprint density at radius 3 is 2.50 bits per heavy atom. The molecule has 2 heterocycles. The Balaban J connectivity index is 1.37. The second kappa shape index (κ2) is 9.62. The third kappa shape index (κ3) is 4.85. The second-order valence-electron chi connectivity index (χ2n) is 8.35. The zero-order valence-electron chi connectivity index (χ0n) is 19.4. The van der Waals surface area contributed by atoms with Gasteiger partial charge >= 0.3 is 4.87 Å². The van der Waals surface area contributed by atoms with Gasteiger partial charge in [0.05, 0.1) is 28.2 Å². The molecule has 8 nitrogen and oxygen atoms in total. The average Bonchev–Trinajstić information content (AvgIpc) is 3.44. The van der Waals surface area contributed by atoms with Gasteiger partial charge in [0.15, 0.2) is 0 Å². The molecule has 0 bridgehead atoms. The predicted molar refractivity (Wildman–Crippen MR) is 140 cm³/mol. The number of aromatic nitrogens is 3. The van der Waals surface area contributed by atoms with Crippen LogP contribution in [0.1, 0.15) is 17.0 Å². The number of sulfonamides is 1. The lowest BCUT2D eigenvalue weighted by atomic mass is 10.1. The lowest BCUT2D eigenvalue weighted by molar-refractivity contribution is 0.337. The summed E-state index contributed by atoms with van der Waals surface area (Å²) in [7, 11) is -2.42. The number of halogens is 1. The Bertz CT molecular complexity index is 1710. The van der Waals surface area contributed by atoms with Crippen molar-refractivity contribution in [2.45, 2.75) is 24.9 Å². The lowest BCUT2D eigenvalue weighted by Crippen LogP contribution is -2.26. The van der Waals surface area contributed by atoms with Crippen LogP contribution < -0.4 is 4.87 Å². The van der Waals surface area contributed by atoms with E-state index in [1.807, 2.05) is 43.3 Å². The van der Waals surface area contributed by atoms with Gasteiger partial charge in [0.2, 0.25) is 21.7 Å². The van der Waals surface area contributed by atoms with Crippen LogP contribution >= 0.6 is 22.9 Å². The van der Waals surface area contributed by atoms with E-state index in [0.29, 0.717) is 27.6 Å². The fraction of sp³-hybridized carbons (Fsp3) is 0.160. The smallest absolute Gasteiger partial charge is 0.308 e. The Labute approximate surface area is 216 Å². The fourth-order valence-electron chi connectivity index (χ4n) is 3.72. The van der Waals surface area contributed by atoms with Gasteiger partial charge in [-0.25, -0.2) is 8.42 Å². The molecule has 5 aromatic rings. The van der Waals surface area contributed by atoms with Gasteiger partial charge in [0.25, 0.3) is 0 Å². The molecule has 0 saturated carbocycles. The number of fused-ring (bicyclic) bond motifs is 1. The molecule has 0 N–H and O–H groups in total. The molecule has 0 aliphatic rings. The van der Waals surface area contributed by atoms with Gasteiger partial charge < -0.3 is 4.52 Å². The van der Waals surface area contributed by atoms with E-state index in [9.17, 15) is 13.2 Å². The van der Waals surface area contributed by atoms with Crippen molar-refractivity contribution in [2.24, 2.45) is 0 Å². The first-order chi connectivity index (χ1) is 17.2. The molecule has 5 rings (SSSR count).